The van der Waals surface area contributed by atoms with Gasteiger partial charge in [0.25, 0.3) is 5.69 Å². The summed E-state index contributed by atoms with van der Waals surface area (Å²) >= 11 is 0. The van der Waals surface area contributed by atoms with Gasteiger partial charge < -0.3 is 5.32 Å². The lowest BCUT2D eigenvalue weighted by Gasteiger charge is -2.01. The number of nitrogens with one attached hydrogen (secondary N) is 1. The van der Waals surface area contributed by atoms with Crippen molar-refractivity contribution in [1.82, 2.24) is 0 Å². The van der Waals surface area contributed by atoms with Crippen LogP contribution in [0.15, 0.2) is 12.1 Å². The normalized spacial score (nSPS) is 9.07. The molecule has 1 N–H and O–H groups in total. The number of nitro groups is 1. The maximum Gasteiger partial charge on any atom is 0.294 e. The zero-order chi connectivity index (χ0) is 11.4. The topological polar surface area (TPSA) is 96.0 Å². The largest absolute Gasteiger partial charge is 0.323 e. The Morgan fingerprint density at radius 1 is 1.60 bits per heavy atom. The monoisotopic (exact) mass is 209 g/mol. The summed E-state index contributed by atoms with van der Waals surface area (Å²) in [7, 11) is 0. The summed E-state index contributed by atoms with van der Waals surface area (Å²) in [6, 6.07) is 2.96. The van der Waals surface area contributed by atoms with E-state index in [0.29, 0.717) is 0 Å². The molecule has 76 valence electrons. The number of carbonyl (C=O) groups excluding carboxylic acids is 1. The summed E-state index contributed by atoms with van der Waals surface area (Å²) < 4.78 is 13.0. The Balaban J connectivity index is 3.39. The number of halogens is 1. The van der Waals surface area contributed by atoms with Gasteiger partial charge in [-0.05, 0) is 0 Å². The average Bonchev–Trinajstić information content (AvgIpc) is 2.18. The number of rotatable bonds is 3. The van der Waals surface area contributed by atoms with E-state index in [1.54, 1.807) is 0 Å². The lowest BCUT2D eigenvalue weighted by Crippen LogP contribution is -2.01. The predicted molar refractivity (Wildman–Crippen MR) is 47.5 cm³/mol. The van der Waals surface area contributed by atoms with E-state index in [4.69, 9.17) is 5.26 Å². The van der Waals surface area contributed by atoms with Crippen molar-refractivity contribution in [2.45, 2.75) is 0 Å². The molecule has 1 rings (SSSR count). The Morgan fingerprint density at radius 3 is 2.73 bits per heavy atom. The third kappa shape index (κ3) is 2.05. The number of benzene rings is 1. The van der Waals surface area contributed by atoms with Gasteiger partial charge in [0.05, 0.1) is 10.5 Å². The summed E-state index contributed by atoms with van der Waals surface area (Å²) in [5, 5.41) is 20.9. The molecule has 0 heterocycles. The molecule has 1 amide bonds. The van der Waals surface area contributed by atoms with Crippen LogP contribution in [0.25, 0.3) is 0 Å². The molecule has 0 spiro atoms. The van der Waals surface area contributed by atoms with Crippen LogP contribution in [0, 0.1) is 27.3 Å². The number of nitro benzene ring substituents is 1. The highest BCUT2D eigenvalue weighted by Gasteiger charge is 2.17. The van der Waals surface area contributed by atoms with Gasteiger partial charge in [-0.3, -0.25) is 14.9 Å². The van der Waals surface area contributed by atoms with E-state index in [2.05, 4.69) is 0 Å². The molecule has 0 bridgehead atoms. The minimum Gasteiger partial charge on any atom is -0.323 e. The van der Waals surface area contributed by atoms with E-state index in [0.717, 1.165) is 12.1 Å². The molecule has 15 heavy (non-hydrogen) atoms. The van der Waals surface area contributed by atoms with Gasteiger partial charge in [0, 0.05) is 12.1 Å². The van der Waals surface area contributed by atoms with Crippen LogP contribution < -0.4 is 5.32 Å². The molecule has 0 aliphatic rings. The fourth-order valence-electron chi connectivity index (χ4n) is 0.978. The first-order chi connectivity index (χ1) is 7.10. The zero-order valence-electron chi connectivity index (χ0n) is 7.23. The Morgan fingerprint density at radius 2 is 2.27 bits per heavy atom. The molecule has 0 saturated carbocycles. The summed E-state index contributed by atoms with van der Waals surface area (Å²) in [4.78, 5) is 19.8. The predicted octanol–water partition coefficient (Wildman–Crippen LogP) is 1.17. The van der Waals surface area contributed by atoms with E-state index in [1.165, 1.54) is 6.07 Å². The fourth-order valence-corrected chi connectivity index (χ4v) is 0.978. The Bertz CT molecular complexity index is 467. The van der Waals surface area contributed by atoms with Crippen molar-refractivity contribution in [3.8, 4) is 6.07 Å². The van der Waals surface area contributed by atoms with Crippen LogP contribution in [-0.4, -0.2) is 11.3 Å². The van der Waals surface area contributed by atoms with E-state index >= 15 is 0 Å². The van der Waals surface area contributed by atoms with Gasteiger partial charge in [0.2, 0.25) is 6.41 Å². The van der Waals surface area contributed by atoms with Gasteiger partial charge in [0.1, 0.15) is 17.6 Å². The minimum atomic E-state index is -0.924. The highest BCUT2D eigenvalue weighted by atomic mass is 19.1. The Labute approximate surface area is 83.1 Å². The van der Waals surface area contributed by atoms with Crippen LogP contribution in [0.3, 0.4) is 0 Å². The number of amides is 1. The number of hydrogen-bond donors (Lipinski definition) is 1. The lowest BCUT2D eigenvalue weighted by molar-refractivity contribution is -0.384. The summed E-state index contributed by atoms with van der Waals surface area (Å²) in [5.41, 5.74) is -1.26. The molecule has 0 aliphatic carbocycles. The third-order valence-corrected chi connectivity index (χ3v) is 1.62. The standard InChI is InChI=1S/C8H4FN3O3/c9-6-2-7(11-4-13)8(12(14)15)1-5(6)3-10/h1-2,4H,(H,11,13). The zero-order valence-corrected chi connectivity index (χ0v) is 7.23. The average molecular weight is 209 g/mol. The molecular formula is C8H4FN3O3. The Hall–Kier alpha value is -2.49. The molecule has 0 fully saturated rings. The van der Waals surface area contributed by atoms with Crippen molar-refractivity contribution in [3.63, 3.8) is 0 Å². The van der Waals surface area contributed by atoms with Gasteiger partial charge in [-0.15, -0.1) is 0 Å². The van der Waals surface area contributed by atoms with Crippen LogP contribution in [0.1, 0.15) is 5.56 Å². The van der Waals surface area contributed by atoms with Crippen LogP contribution in [0.2, 0.25) is 0 Å². The SMILES string of the molecule is N#Cc1cc([N+](=O)[O-])c(NC=O)cc1F. The maximum absolute atomic E-state index is 13.0. The van der Waals surface area contributed by atoms with Gasteiger partial charge in [-0.25, -0.2) is 4.39 Å². The van der Waals surface area contributed by atoms with Gasteiger partial charge >= 0.3 is 0 Å². The van der Waals surface area contributed by atoms with E-state index in [1.807, 2.05) is 5.32 Å². The molecule has 1 aromatic carbocycles. The van der Waals surface area contributed by atoms with E-state index in [9.17, 15) is 19.3 Å². The number of hydrogen-bond acceptors (Lipinski definition) is 4. The van der Waals surface area contributed by atoms with Gasteiger partial charge in [-0.1, -0.05) is 0 Å². The van der Waals surface area contributed by atoms with Crippen LogP contribution in [0.4, 0.5) is 15.8 Å². The summed E-state index contributed by atoms with van der Waals surface area (Å²) in [5.74, 6) is -0.924. The first kappa shape index (κ1) is 10.6. The highest BCUT2D eigenvalue weighted by Crippen LogP contribution is 2.26. The minimum absolute atomic E-state index is 0.188. The first-order valence-electron chi connectivity index (χ1n) is 3.68. The van der Waals surface area contributed by atoms with Crippen molar-refractivity contribution >= 4 is 17.8 Å². The number of nitriles is 1. The van der Waals surface area contributed by atoms with Gasteiger partial charge in [-0.2, -0.15) is 5.26 Å². The smallest absolute Gasteiger partial charge is 0.294 e. The second-order valence-electron chi connectivity index (χ2n) is 2.48. The van der Waals surface area contributed by atoms with Crippen LogP contribution >= 0.6 is 0 Å². The maximum atomic E-state index is 13.0. The molecule has 0 unspecified atom stereocenters. The second kappa shape index (κ2) is 4.15. The molecule has 7 heteroatoms. The fraction of sp³-hybridized carbons (Fsp3) is 0. The number of carbonyl (C=O) groups is 1. The highest BCUT2D eigenvalue weighted by molar-refractivity contribution is 5.78. The summed E-state index contributed by atoms with van der Waals surface area (Å²) in [6.07, 6.45) is 0.188. The van der Waals surface area contributed by atoms with Crippen molar-refractivity contribution in [2.75, 3.05) is 5.32 Å². The molecule has 0 radical (unpaired) electrons. The summed E-state index contributed by atoms with van der Waals surface area (Å²) in [6.45, 7) is 0. The molecule has 0 aromatic heterocycles. The van der Waals surface area contributed by atoms with Crippen molar-refractivity contribution in [2.24, 2.45) is 0 Å². The van der Waals surface area contributed by atoms with E-state index in [-0.39, 0.29) is 12.1 Å². The molecular weight excluding hydrogens is 205 g/mol. The molecule has 1 aromatic rings. The quantitative estimate of drug-likeness (QED) is 0.459. The molecule has 0 aliphatic heterocycles. The van der Waals surface area contributed by atoms with Crippen molar-refractivity contribution in [3.05, 3.63) is 33.6 Å². The lowest BCUT2D eigenvalue weighted by atomic mass is 10.2. The Kier molecular flexibility index (Phi) is 2.93. The molecule has 0 saturated heterocycles. The molecule has 6 nitrogen and oxygen atoms in total. The third-order valence-electron chi connectivity index (χ3n) is 1.62. The molecule has 0 atom stereocenters. The van der Waals surface area contributed by atoms with Crippen molar-refractivity contribution < 1.29 is 14.1 Å². The van der Waals surface area contributed by atoms with Crippen LogP contribution in [0.5, 0.6) is 0 Å². The second-order valence-corrected chi connectivity index (χ2v) is 2.48. The van der Waals surface area contributed by atoms with E-state index < -0.39 is 22.0 Å². The van der Waals surface area contributed by atoms with Crippen LogP contribution in [-0.2, 0) is 4.79 Å². The van der Waals surface area contributed by atoms with Crippen molar-refractivity contribution in [1.29, 1.82) is 5.26 Å². The first-order valence-corrected chi connectivity index (χ1v) is 3.68. The number of nitrogens with zero attached hydrogens (tertiary/aromatic N) is 2. The van der Waals surface area contributed by atoms with Gasteiger partial charge in [0.15, 0.2) is 0 Å². The number of anilines is 1.